The summed E-state index contributed by atoms with van der Waals surface area (Å²) in [6.45, 7) is 4.41. The Balaban J connectivity index is 2.24. The summed E-state index contributed by atoms with van der Waals surface area (Å²) in [5, 5.41) is 14.4. The molecule has 20 heavy (non-hydrogen) atoms. The minimum Gasteiger partial charge on any atom is -0.376 e. The highest BCUT2D eigenvalue weighted by Crippen LogP contribution is 2.34. The molecule has 0 aromatic heterocycles. The number of nitrogens with zero attached hydrogens (tertiary/aromatic N) is 1. The molecule has 1 aliphatic carbocycles. The Kier molecular flexibility index (Phi) is 4.37. The molecule has 1 saturated carbocycles. The summed E-state index contributed by atoms with van der Waals surface area (Å²) in [4.78, 5) is 21.4. The standard InChI is InChI=1S/C15H20N2O3/c1-10-4-3-5-13(11(10)2)16-14-7-6-12(9-18)8-15(14)17(19)20/h6-11,13,16H,3-5H2,1-2H3/t10-,11-,13+/m1/s1. The Morgan fingerprint density at radius 1 is 1.35 bits per heavy atom. The molecule has 2 rings (SSSR count). The minimum absolute atomic E-state index is 0.0278. The predicted octanol–water partition coefficient (Wildman–Crippen LogP) is 3.64. The van der Waals surface area contributed by atoms with Gasteiger partial charge in [-0.3, -0.25) is 14.9 Å². The number of carbonyl (C=O) groups excluding carboxylic acids is 1. The van der Waals surface area contributed by atoms with Gasteiger partial charge in [-0.15, -0.1) is 0 Å². The highest BCUT2D eigenvalue weighted by Gasteiger charge is 2.28. The van der Waals surface area contributed by atoms with Crippen LogP contribution in [0.25, 0.3) is 0 Å². The van der Waals surface area contributed by atoms with Crippen LogP contribution < -0.4 is 5.32 Å². The van der Waals surface area contributed by atoms with Gasteiger partial charge >= 0.3 is 0 Å². The molecule has 0 amide bonds. The molecule has 3 atom stereocenters. The lowest BCUT2D eigenvalue weighted by molar-refractivity contribution is -0.384. The van der Waals surface area contributed by atoms with E-state index in [9.17, 15) is 14.9 Å². The van der Waals surface area contributed by atoms with Crippen LogP contribution in [0.4, 0.5) is 11.4 Å². The van der Waals surface area contributed by atoms with Crippen LogP contribution in [0.5, 0.6) is 0 Å². The van der Waals surface area contributed by atoms with Gasteiger partial charge in [-0.05, 0) is 30.4 Å². The average Bonchev–Trinajstić information content (AvgIpc) is 2.44. The van der Waals surface area contributed by atoms with Crippen molar-refractivity contribution < 1.29 is 9.72 Å². The fourth-order valence-electron chi connectivity index (χ4n) is 2.88. The smallest absolute Gasteiger partial charge is 0.293 e. The second kappa shape index (κ2) is 6.03. The highest BCUT2D eigenvalue weighted by molar-refractivity contribution is 5.79. The molecule has 0 spiro atoms. The third kappa shape index (κ3) is 2.98. The summed E-state index contributed by atoms with van der Waals surface area (Å²) in [5.41, 5.74) is 0.805. The third-order valence-electron chi connectivity index (χ3n) is 4.40. The lowest BCUT2D eigenvalue weighted by atomic mass is 9.78. The molecule has 1 N–H and O–H groups in total. The van der Waals surface area contributed by atoms with E-state index in [4.69, 9.17) is 0 Å². The first kappa shape index (κ1) is 14.5. The maximum absolute atomic E-state index is 11.1. The molecule has 1 aliphatic rings. The molecular weight excluding hydrogens is 256 g/mol. The second-order valence-corrected chi connectivity index (χ2v) is 5.67. The maximum Gasteiger partial charge on any atom is 0.293 e. The lowest BCUT2D eigenvalue weighted by Gasteiger charge is -2.35. The quantitative estimate of drug-likeness (QED) is 0.517. The van der Waals surface area contributed by atoms with Crippen molar-refractivity contribution in [2.24, 2.45) is 11.8 Å². The van der Waals surface area contributed by atoms with Crippen LogP contribution in [0, 0.1) is 22.0 Å². The normalized spacial score (nSPS) is 26.0. The molecule has 1 aromatic carbocycles. The number of carbonyl (C=O) groups is 1. The number of nitrogens with one attached hydrogen (secondary N) is 1. The third-order valence-corrected chi connectivity index (χ3v) is 4.40. The van der Waals surface area contributed by atoms with Gasteiger partial charge in [0.25, 0.3) is 5.69 Å². The summed E-state index contributed by atoms with van der Waals surface area (Å²) in [6.07, 6.45) is 4.01. The van der Waals surface area contributed by atoms with Gasteiger partial charge in [0, 0.05) is 17.7 Å². The van der Waals surface area contributed by atoms with Gasteiger partial charge < -0.3 is 5.32 Å². The number of aldehydes is 1. The summed E-state index contributed by atoms with van der Waals surface area (Å²) in [7, 11) is 0. The van der Waals surface area contributed by atoms with Crippen molar-refractivity contribution in [3.63, 3.8) is 0 Å². The topological polar surface area (TPSA) is 72.2 Å². The van der Waals surface area contributed by atoms with E-state index in [-0.39, 0.29) is 11.7 Å². The van der Waals surface area contributed by atoms with E-state index >= 15 is 0 Å². The van der Waals surface area contributed by atoms with Crippen LogP contribution in [-0.2, 0) is 0 Å². The molecule has 0 saturated heterocycles. The number of nitro benzene ring substituents is 1. The molecule has 0 radical (unpaired) electrons. The van der Waals surface area contributed by atoms with Crippen molar-refractivity contribution in [1.82, 2.24) is 0 Å². The fourth-order valence-corrected chi connectivity index (χ4v) is 2.88. The predicted molar refractivity (Wildman–Crippen MR) is 78.1 cm³/mol. The van der Waals surface area contributed by atoms with Gasteiger partial charge in [-0.2, -0.15) is 0 Å². The van der Waals surface area contributed by atoms with Crippen molar-refractivity contribution in [1.29, 1.82) is 0 Å². The van der Waals surface area contributed by atoms with Gasteiger partial charge in [-0.1, -0.05) is 26.7 Å². The molecule has 1 aromatic rings. The molecule has 108 valence electrons. The van der Waals surface area contributed by atoms with E-state index < -0.39 is 4.92 Å². The number of hydrogen-bond donors (Lipinski definition) is 1. The summed E-state index contributed by atoms with van der Waals surface area (Å²) in [6, 6.07) is 4.82. The van der Waals surface area contributed by atoms with Gasteiger partial charge in [-0.25, -0.2) is 0 Å². The van der Waals surface area contributed by atoms with E-state index in [2.05, 4.69) is 19.2 Å². The van der Waals surface area contributed by atoms with Crippen molar-refractivity contribution in [2.45, 2.75) is 39.2 Å². The van der Waals surface area contributed by atoms with Crippen molar-refractivity contribution in [2.75, 3.05) is 5.32 Å². The van der Waals surface area contributed by atoms with E-state index in [1.54, 1.807) is 12.1 Å². The SMILES string of the molecule is C[C@@H]1[C@H](C)CCC[C@@H]1Nc1ccc(C=O)cc1[N+](=O)[O-]. The zero-order chi connectivity index (χ0) is 14.7. The van der Waals surface area contributed by atoms with E-state index in [1.165, 1.54) is 12.5 Å². The number of nitro groups is 1. The van der Waals surface area contributed by atoms with Gasteiger partial charge in [0.15, 0.2) is 0 Å². The molecule has 1 fully saturated rings. The first-order valence-corrected chi connectivity index (χ1v) is 7.03. The molecule has 5 heteroatoms. The van der Waals surface area contributed by atoms with Crippen LogP contribution in [0.15, 0.2) is 18.2 Å². The highest BCUT2D eigenvalue weighted by atomic mass is 16.6. The van der Waals surface area contributed by atoms with Crippen LogP contribution in [0.2, 0.25) is 0 Å². The maximum atomic E-state index is 11.1. The Hall–Kier alpha value is -1.91. The van der Waals surface area contributed by atoms with Crippen molar-refractivity contribution >= 4 is 17.7 Å². The monoisotopic (exact) mass is 276 g/mol. The van der Waals surface area contributed by atoms with Crippen molar-refractivity contribution in [3.05, 3.63) is 33.9 Å². The van der Waals surface area contributed by atoms with Crippen LogP contribution in [0.1, 0.15) is 43.5 Å². The summed E-state index contributed by atoms with van der Waals surface area (Å²) >= 11 is 0. The van der Waals surface area contributed by atoms with Crippen LogP contribution in [0.3, 0.4) is 0 Å². The molecule has 5 nitrogen and oxygen atoms in total. The average molecular weight is 276 g/mol. The summed E-state index contributed by atoms with van der Waals surface area (Å²) in [5.74, 6) is 1.10. The number of rotatable bonds is 4. The fraction of sp³-hybridized carbons (Fsp3) is 0.533. The molecule has 0 unspecified atom stereocenters. The largest absolute Gasteiger partial charge is 0.376 e. The molecule has 0 heterocycles. The van der Waals surface area contributed by atoms with Crippen LogP contribution >= 0.6 is 0 Å². The molecule has 0 aliphatic heterocycles. The Labute approximate surface area is 118 Å². The minimum atomic E-state index is -0.438. The Morgan fingerprint density at radius 3 is 2.75 bits per heavy atom. The van der Waals surface area contributed by atoms with Gasteiger partial charge in [0.2, 0.25) is 0 Å². The molecule has 0 bridgehead atoms. The van der Waals surface area contributed by atoms with Crippen LogP contribution in [-0.4, -0.2) is 17.3 Å². The number of anilines is 1. The summed E-state index contributed by atoms with van der Waals surface area (Å²) < 4.78 is 0. The van der Waals surface area contributed by atoms with Gasteiger partial charge in [0.05, 0.1) is 4.92 Å². The van der Waals surface area contributed by atoms with E-state index in [0.29, 0.717) is 29.4 Å². The number of hydrogen-bond acceptors (Lipinski definition) is 4. The lowest BCUT2D eigenvalue weighted by Crippen LogP contribution is -2.35. The Morgan fingerprint density at radius 2 is 2.10 bits per heavy atom. The van der Waals surface area contributed by atoms with Gasteiger partial charge in [0.1, 0.15) is 12.0 Å². The van der Waals surface area contributed by atoms with Crippen molar-refractivity contribution in [3.8, 4) is 0 Å². The van der Waals surface area contributed by atoms with E-state index in [0.717, 1.165) is 12.8 Å². The first-order valence-electron chi connectivity index (χ1n) is 7.03. The first-order chi connectivity index (χ1) is 9.52. The zero-order valence-electron chi connectivity index (χ0n) is 11.8. The molecular formula is C15H20N2O3. The number of benzene rings is 1. The van der Waals surface area contributed by atoms with E-state index in [1.807, 2.05) is 0 Å². The second-order valence-electron chi connectivity index (χ2n) is 5.67. The zero-order valence-corrected chi connectivity index (χ0v) is 11.8. The Bertz CT molecular complexity index is 516.